The summed E-state index contributed by atoms with van der Waals surface area (Å²) < 4.78 is 5.78. The molecule has 1 aromatic carbocycles. The molecule has 0 spiro atoms. The third kappa shape index (κ3) is 4.46. The van der Waals surface area contributed by atoms with Gasteiger partial charge in [0.1, 0.15) is 12.1 Å². The Morgan fingerprint density at radius 2 is 2.12 bits per heavy atom. The van der Waals surface area contributed by atoms with Crippen LogP contribution in [0.1, 0.15) is 29.0 Å². The Morgan fingerprint density at radius 1 is 1.35 bits per heavy atom. The molecular formula is C20H25ClN2O2S. The molecular weight excluding hydrogens is 368 g/mol. The molecule has 0 amide bonds. The van der Waals surface area contributed by atoms with E-state index in [-0.39, 0.29) is 12.1 Å². The second-order valence-electron chi connectivity index (χ2n) is 7.02. The molecule has 1 aromatic heterocycles. The standard InChI is InChI=1S/C20H25ClN2O2S/c1-14(12-22(2)3)25-20(24)19(16-6-4-5-7-17(16)21)23-10-8-18-15(13-23)9-11-26-18/h4-7,9,11,14,19H,8,10,12-13H2,1-3H3/t14?,19-/m1/s1. The van der Waals surface area contributed by atoms with E-state index in [0.29, 0.717) is 11.6 Å². The van der Waals surface area contributed by atoms with Crippen molar-refractivity contribution in [3.8, 4) is 0 Å². The van der Waals surface area contributed by atoms with Crippen LogP contribution in [0.4, 0.5) is 0 Å². The zero-order valence-corrected chi connectivity index (χ0v) is 17.0. The van der Waals surface area contributed by atoms with Crippen molar-refractivity contribution in [3.05, 3.63) is 56.7 Å². The molecule has 0 radical (unpaired) electrons. The summed E-state index contributed by atoms with van der Waals surface area (Å²) in [4.78, 5) is 18.7. The average Bonchev–Trinajstić information content (AvgIpc) is 3.03. The first kappa shape index (κ1) is 19.4. The molecule has 0 aliphatic carbocycles. The van der Waals surface area contributed by atoms with Crippen molar-refractivity contribution in [1.29, 1.82) is 0 Å². The van der Waals surface area contributed by atoms with Gasteiger partial charge in [-0.25, -0.2) is 4.79 Å². The summed E-state index contributed by atoms with van der Waals surface area (Å²) in [6.45, 7) is 4.18. The van der Waals surface area contributed by atoms with Gasteiger partial charge in [-0.15, -0.1) is 11.3 Å². The van der Waals surface area contributed by atoms with Gasteiger partial charge in [-0.2, -0.15) is 0 Å². The molecule has 4 nitrogen and oxygen atoms in total. The number of carbonyl (C=O) groups is 1. The van der Waals surface area contributed by atoms with Crippen LogP contribution in [0.2, 0.25) is 5.02 Å². The lowest BCUT2D eigenvalue weighted by atomic mass is 10.0. The molecule has 1 aliphatic heterocycles. The number of carbonyl (C=O) groups excluding carboxylic acids is 1. The second kappa shape index (κ2) is 8.53. The number of rotatable bonds is 6. The maximum absolute atomic E-state index is 13.1. The van der Waals surface area contributed by atoms with Crippen LogP contribution in [0.5, 0.6) is 0 Å². The van der Waals surface area contributed by atoms with Gasteiger partial charge in [0.25, 0.3) is 0 Å². The van der Waals surface area contributed by atoms with Crippen molar-refractivity contribution in [2.75, 3.05) is 27.2 Å². The van der Waals surface area contributed by atoms with Crippen LogP contribution in [0.15, 0.2) is 35.7 Å². The largest absolute Gasteiger partial charge is 0.460 e. The minimum absolute atomic E-state index is 0.177. The number of fused-ring (bicyclic) bond motifs is 1. The maximum atomic E-state index is 13.1. The number of benzene rings is 1. The van der Waals surface area contributed by atoms with E-state index in [4.69, 9.17) is 16.3 Å². The van der Waals surface area contributed by atoms with Gasteiger partial charge in [0.05, 0.1) is 0 Å². The van der Waals surface area contributed by atoms with Crippen LogP contribution >= 0.6 is 22.9 Å². The molecule has 2 atom stereocenters. The van der Waals surface area contributed by atoms with E-state index in [9.17, 15) is 4.79 Å². The molecule has 0 saturated heterocycles. The summed E-state index contributed by atoms with van der Waals surface area (Å²) in [6.07, 6.45) is 0.776. The van der Waals surface area contributed by atoms with E-state index >= 15 is 0 Å². The first-order chi connectivity index (χ1) is 12.5. The van der Waals surface area contributed by atoms with Gasteiger partial charge in [0, 0.05) is 29.5 Å². The number of thiophene rings is 1. The second-order valence-corrected chi connectivity index (χ2v) is 8.43. The number of ether oxygens (including phenoxy) is 1. The van der Waals surface area contributed by atoms with E-state index in [1.165, 1.54) is 10.4 Å². The van der Waals surface area contributed by atoms with Crippen molar-refractivity contribution in [3.63, 3.8) is 0 Å². The quantitative estimate of drug-likeness (QED) is 0.696. The van der Waals surface area contributed by atoms with Crippen LogP contribution < -0.4 is 0 Å². The monoisotopic (exact) mass is 392 g/mol. The molecule has 2 aromatic rings. The number of halogens is 1. The first-order valence-corrected chi connectivity index (χ1v) is 10.1. The molecule has 2 heterocycles. The predicted octanol–water partition coefficient (Wildman–Crippen LogP) is 3.99. The number of esters is 1. The van der Waals surface area contributed by atoms with Crippen molar-refractivity contribution < 1.29 is 9.53 Å². The van der Waals surface area contributed by atoms with E-state index < -0.39 is 6.04 Å². The first-order valence-electron chi connectivity index (χ1n) is 8.84. The van der Waals surface area contributed by atoms with Crippen molar-refractivity contribution in [1.82, 2.24) is 9.80 Å². The Morgan fingerprint density at radius 3 is 2.85 bits per heavy atom. The van der Waals surface area contributed by atoms with Crippen molar-refractivity contribution in [2.45, 2.75) is 32.0 Å². The summed E-state index contributed by atoms with van der Waals surface area (Å²) in [6, 6.07) is 9.23. The van der Waals surface area contributed by atoms with Gasteiger partial charge in [-0.3, -0.25) is 4.90 Å². The Balaban J connectivity index is 1.85. The van der Waals surface area contributed by atoms with Gasteiger partial charge < -0.3 is 9.64 Å². The molecule has 0 N–H and O–H groups in total. The topological polar surface area (TPSA) is 32.8 Å². The van der Waals surface area contributed by atoms with Crippen LogP contribution in [0, 0.1) is 0 Å². The fraction of sp³-hybridized carbons (Fsp3) is 0.450. The van der Waals surface area contributed by atoms with Crippen LogP contribution in [-0.4, -0.2) is 49.1 Å². The van der Waals surface area contributed by atoms with Crippen LogP contribution in [-0.2, 0) is 22.5 Å². The number of nitrogens with zero attached hydrogens (tertiary/aromatic N) is 2. The fourth-order valence-corrected chi connectivity index (χ4v) is 4.60. The highest BCUT2D eigenvalue weighted by Crippen LogP contribution is 2.34. The van der Waals surface area contributed by atoms with E-state index in [1.807, 2.05) is 50.2 Å². The molecule has 0 fully saturated rings. The normalized spacial score (nSPS) is 17.0. The minimum atomic E-state index is -0.485. The van der Waals surface area contributed by atoms with Gasteiger partial charge >= 0.3 is 5.97 Å². The summed E-state index contributed by atoms with van der Waals surface area (Å²) in [5.74, 6) is -0.230. The molecule has 6 heteroatoms. The van der Waals surface area contributed by atoms with Crippen molar-refractivity contribution >= 4 is 28.9 Å². The highest BCUT2D eigenvalue weighted by Gasteiger charge is 2.34. The van der Waals surface area contributed by atoms with Gasteiger partial charge in [0.2, 0.25) is 0 Å². The number of hydrogen-bond acceptors (Lipinski definition) is 5. The summed E-state index contributed by atoms with van der Waals surface area (Å²) in [7, 11) is 3.94. The number of likely N-dealkylation sites (N-methyl/N-ethyl adjacent to an activating group) is 1. The molecule has 3 rings (SSSR count). The van der Waals surface area contributed by atoms with E-state index in [0.717, 1.165) is 25.1 Å². The number of hydrogen-bond donors (Lipinski definition) is 0. The molecule has 26 heavy (non-hydrogen) atoms. The minimum Gasteiger partial charge on any atom is -0.460 e. The Hall–Kier alpha value is -1.40. The SMILES string of the molecule is CC(CN(C)C)OC(=O)[C@@H](c1ccccc1Cl)N1CCc2sccc2C1. The lowest BCUT2D eigenvalue weighted by Gasteiger charge is -2.34. The molecule has 0 saturated carbocycles. The molecule has 140 valence electrons. The lowest BCUT2D eigenvalue weighted by molar-refractivity contribution is -0.156. The molecule has 1 unspecified atom stereocenters. The Labute approximate surface area is 164 Å². The lowest BCUT2D eigenvalue weighted by Crippen LogP contribution is -2.40. The smallest absolute Gasteiger partial charge is 0.328 e. The zero-order valence-electron chi connectivity index (χ0n) is 15.4. The van der Waals surface area contributed by atoms with E-state index in [1.54, 1.807) is 11.3 Å². The summed E-state index contributed by atoms with van der Waals surface area (Å²) in [5.41, 5.74) is 2.11. The van der Waals surface area contributed by atoms with Gasteiger partial charge in [0.15, 0.2) is 0 Å². The third-order valence-corrected chi connectivity index (χ3v) is 5.93. The highest BCUT2D eigenvalue weighted by molar-refractivity contribution is 7.10. The Kier molecular flexibility index (Phi) is 6.35. The zero-order chi connectivity index (χ0) is 18.7. The maximum Gasteiger partial charge on any atom is 0.328 e. The van der Waals surface area contributed by atoms with Crippen molar-refractivity contribution in [2.24, 2.45) is 0 Å². The predicted molar refractivity (Wildman–Crippen MR) is 107 cm³/mol. The van der Waals surface area contributed by atoms with Gasteiger partial charge in [-0.05, 0) is 56.1 Å². The average molecular weight is 393 g/mol. The van der Waals surface area contributed by atoms with E-state index in [2.05, 4.69) is 16.3 Å². The van der Waals surface area contributed by atoms with Gasteiger partial charge in [-0.1, -0.05) is 29.8 Å². The third-order valence-electron chi connectivity index (χ3n) is 4.57. The summed E-state index contributed by atoms with van der Waals surface area (Å²) in [5, 5.41) is 2.72. The molecule has 0 bridgehead atoms. The van der Waals surface area contributed by atoms with Crippen LogP contribution in [0.3, 0.4) is 0 Å². The fourth-order valence-electron chi connectivity index (χ4n) is 3.47. The van der Waals surface area contributed by atoms with Crippen LogP contribution in [0.25, 0.3) is 0 Å². The highest BCUT2D eigenvalue weighted by atomic mass is 35.5. The summed E-state index contributed by atoms with van der Waals surface area (Å²) >= 11 is 8.23. The molecule has 1 aliphatic rings. The Bertz CT molecular complexity index is 762.